The summed E-state index contributed by atoms with van der Waals surface area (Å²) >= 11 is 5.05. The fraction of sp³-hybridized carbons (Fsp3) is 0.538. The van der Waals surface area contributed by atoms with Gasteiger partial charge in [0.1, 0.15) is 5.41 Å². The number of carbonyl (C=O) groups excluding carboxylic acids is 1. The van der Waals surface area contributed by atoms with Gasteiger partial charge in [0.15, 0.2) is 5.84 Å². The second-order valence-corrected chi connectivity index (χ2v) is 7.44. The van der Waals surface area contributed by atoms with Crippen LogP contribution in [0.15, 0.2) is 21.1 Å². The molecule has 2 rings (SSSR count). The van der Waals surface area contributed by atoms with Crippen LogP contribution in [0.4, 0.5) is 0 Å². The molecule has 1 aliphatic heterocycles. The molecule has 0 aliphatic carbocycles. The lowest BCUT2D eigenvalue weighted by Crippen LogP contribution is -2.53. The summed E-state index contributed by atoms with van der Waals surface area (Å²) in [4.78, 5) is 13.7. The van der Waals surface area contributed by atoms with Crippen molar-refractivity contribution in [2.24, 2.45) is 16.3 Å². The molecular weight excluding hydrogens is 358 g/mol. The topological polar surface area (TPSA) is 96.9 Å². The van der Waals surface area contributed by atoms with Crippen molar-refractivity contribution in [1.82, 2.24) is 5.32 Å². The van der Waals surface area contributed by atoms with Crippen LogP contribution in [-0.2, 0) is 16.0 Å². The van der Waals surface area contributed by atoms with E-state index in [2.05, 4.69) is 26.4 Å². The lowest BCUT2D eigenvalue weighted by Gasteiger charge is -2.34. The van der Waals surface area contributed by atoms with E-state index in [1.165, 1.54) is 4.88 Å². The van der Waals surface area contributed by atoms with Crippen LogP contribution in [0.1, 0.15) is 17.7 Å². The first-order valence-corrected chi connectivity index (χ1v) is 8.28. The summed E-state index contributed by atoms with van der Waals surface area (Å²) in [7, 11) is 0. The number of carbonyl (C=O) groups is 1. The number of nitrogens with two attached hydrogens (primary N) is 1. The summed E-state index contributed by atoms with van der Waals surface area (Å²) in [5.74, 6) is -0.237. The van der Waals surface area contributed by atoms with Gasteiger partial charge < -0.3 is 21.0 Å². The van der Waals surface area contributed by atoms with Crippen molar-refractivity contribution in [3.8, 4) is 0 Å². The summed E-state index contributed by atoms with van der Waals surface area (Å²) in [5, 5.41) is 14.9. The van der Waals surface area contributed by atoms with Crippen LogP contribution in [0.2, 0.25) is 0 Å². The summed E-state index contributed by atoms with van der Waals surface area (Å²) in [5.41, 5.74) is 4.79. The van der Waals surface area contributed by atoms with Crippen LogP contribution < -0.4 is 11.1 Å². The van der Waals surface area contributed by atoms with Crippen LogP contribution in [0.5, 0.6) is 0 Å². The Bertz CT molecular complexity index is 526. The van der Waals surface area contributed by atoms with Gasteiger partial charge in [-0.05, 0) is 47.3 Å². The Labute approximate surface area is 135 Å². The molecule has 1 aliphatic rings. The SMILES string of the molecule is N/C(=N/O)C1(C(=O)NCCc2ccc(Br)s2)CCOCC1. The molecule has 2 heterocycles. The lowest BCUT2D eigenvalue weighted by molar-refractivity contribution is -0.131. The van der Waals surface area contributed by atoms with Crippen molar-refractivity contribution in [2.45, 2.75) is 19.3 Å². The van der Waals surface area contributed by atoms with Crippen molar-refractivity contribution in [3.63, 3.8) is 0 Å². The van der Waals surface area contributed by atoms with E-state index in [0.29, 0.717) is 32.6 Å². The van der Waals surface area contributed by atoms with Gasteiger partial charge in [0, 0.05) is 24.6 Å². The number of halogens is 1. The molecule has 0 radical (unpaired) electrons. The third kappa shape index (κ3) is 3.75. The van der Waals surface area contributed by atoms with Crippen LogP contribution >= 0.6 is 27.3 Å². The second-order valence-electron chi connectivity index (χ2n) is 4.89. The van der Waals surface area contributed by atoms with Gasteiger partial charge in [-0.25, -0.2) is 0 Å². The van der Waals surface area contributed by atoms with E-state index in [4.69, 9.17) is 15.7 Å². The summed E-state index contributed by atoms with van der Waals surface area (Å²) in [6, 6.07) is 4.01. The Morgan fingerprint density at radius 2 is 2.24 bits per heavy atom. The second kappa shape index (κ2) is 7.24. The smallest absolute Gasteiger partial charge is 0.234 e. The van der Waals surface area contributed by atoms with Gasteiger partial charge in [-0.15, -0.1) is 11.3 Å². The molecule has 0 atom stereocenters. The number of nitrogens with zero attached hydrogens (tertiary/aromatic N) is 1. The maximum absolute atomic E-state index is 12.5. The van der Waals surface area contributed by atoms with Gasteiger partial charge in [0.05, 0.1) is 3.79 Å². The van der Waals surface area contributed by atoms with Crippen LogP contribution in [-0.4, -0.2) is 36.7 Å². The van der Waals surface area contributed by atoms with Gasteiger partial charge in [0.2, 0.25) is 5.91 Å². The zero-order valence-electron chi connectivity index (χ0n) is 11.5. The zero-order chi connectivity index (χ0) is 15.3. The molecule has 0 bridgehead atoms. The molecule has 1 fully saturated rings. The number of ether oxygens (including phenoxy) is 1. The molecule has 0 saturated carbocycles. The van der Waals surface area contributed by atoms with E-state index >= 15 is 0 Å². The number of hydrogen-bond donors (Lipinski definition) is 3. The van der Waals surface area contributed by atoms with Crippen molar-refractivity contribution in [2.75, 3.05) is 19.8 Å². The van der Waals surface area contributed by atoms with Crippen LogP contribution in [0.3, 0.4) is 0 Å². The molecule has 1 amide bonds. The first-order chi connectivity index (χ1) is 10.1. The number of amidine groups is 1. The Morgan fingerprint density at radius 1 is 1.52 bits per heavy atom. The number of hydrogen-bond acceptors (Lipinski definition) is 5. The fourth-order valence-corrected chi connectivity index (χ4v) is 3.85. The average Bonchev–Trinajstić information content (AvgIpc) is 2.92. The fourth-order valence-electron chi connectivity index (χ4n) is 2.37. The third-order valence-electron chi connectivity index (χ3n) is 3.66. The van der Waals surface area contributed by atoms with Crippen molar-refractivity contribution in [1.29, 1.82) is 0 Å². The normalized spacial score (nSPS) is 18.4. The highest BCUT2D eigenvalue weighted by atomic mass is 79.9. The standard InChI is InChI=1S/C13H18BrN3O3S/c14-10-2-1-9(21-10)3-6-16-12(18)13(11(15)17-19)4-7-20-8-5-13/h1-2,19H,3-8H2,(H2,15,17)(H,16,18). The van der Waals surface area contributed by atoms with Crippen LogP contribution in [0.25, 0.3) is 0 Å². The van der Waals surface area contributed by atoms with Gasteiger partial charge in [-0.2, -0.15) is 0 Å². The molecular formula is C13H18BrN3O3S. The Morgan fingerprint density at radius 3 is 2.81 bits per heavy atom. The molecule has 0 spiro atoms. The molecule has 6 nitrogen and oxygen atoms in total. The molecule has 0 unspecified atom stereocenters. The van der Waals surface area contributed by atoms with Gasteiger partial charge in [-0.1, -0.05) is 5.16 Å². The number of rotatable bonds is 5. The zero-order valence-corrected chi connectivity index (χ0v) is 13.9. The quantitative estimate of drug-likeness (QED) is 0.316. The van der Waals surface area contributed by atoms with E-state index in [0.717, 1.165) is 10.2 Å². The molecule has 0 aromatic carbocycles. The predicted octanol–water partition coefficient (Wildman–Crippen LogP) is 1.71. The minimum Gasteiger partial charge on any atom is -0.409 e. The largest absolute Gasteiger partial charge is 0.409 e. The molecule has 4 N–H and O–H groups in total. The van der Waals surface area contributed by atoms with E-state index in [1.54, 1.807) is 11.3 Å². The number of amides is 1. The molecule has 116 valence electrons. The summed E-state index contributed by atoms with van der Waals surface area (Å²) < 4.78 is 6.34. The highest BCUT2D eigenvalue weighted by Crippen LogP contribution is 2.31. The van der Waals surface area contributed by atoms with Gasteiger partial charge in [0.25, 0.3) is 0 Å². The highest BCUT2D eigenvalue weighted by Gasteiger charge is 2.44. The minimum atomic E-state index is -0.955. The third-order valence-corrected chi connectivity index (χ3v) is 5.35. The van der Waals surface area contributed by atoms with Crippen molar-refractivity contribution in [3.05, 3.63) is 20.8 Å². The Hall–Kier alpha value is -1.12. The average molecular weight is 376 g/mol. The predicted molar refractivity (Wildman–Crippen MR) is 84.6 cm³/mol. The number of thiophene rings is 1. The summed E-state index contributed by atoms with van der Waals surface area (Å²) in [6.45, 7) is 1.39. The Balaban J connectivity index is 1.95. The summed E-state index contributed by atoms with van der Waals surface area (Å²) in [6.07, 6.45) is 1.61. The van der Waals surface area contributed by atoms with E-state index in [1.807, 2.05) is 12.1 Å². The highest BCUT2D eigenvalue weighted by molar-refractivity contribution is 9.11. The molecule has 8 heteroatoms. The molecule has 1 aromatic rings. The van der Waals surface area contributed by atoms with E-state index in [9.17, 15) is 4.79 Å². The molecule has 21 heavy (non-hydrogen) atoms. The first-order valence-electron chi connectivity index (χ1n) is 6.67. The lowest BCUT2D eigenvalue weighted by atomic mass is 9.78. The van der Waals surface area contributed by atoms with Gasteiger partial charge in [-0.3, -0.25) is 4.79 Å². The van der Waals surface area contributed by atoms with Gasteiger partial charge >= 0.3 is 0 Å². The van der Waals surface area contributed by atoms with Crippen molar-refractivity contribution < 1.29 is 14.7 Å². The van der Waals surface area contributed by atoms with Crippen LogP contribution in [0, 0.1) is 5.41 Å². The van der Waals surface area contributed by atoms with Crippen molar-refractivity contribution >= 4 is 39.0 Å². The maximum atomic E-state index is 12.5. The number of oxime groups is 1. The van der Waals surface area contributed by atoms with E-state index < -0.39 is 5.41 Å². The molecule has 1 aromatic heterocycles. The first kappa shape index (κ1) is 16.3. The minimum absolute atomic E-state index is 0.0397. The number of nitrogens with one attached hydrogen (secondary N) is 1. The monoisotopic (exact) mass is 375 g/mol. The Kier molecular flexibility index (Phi) is 5.60. The molecule has 1 saturated heterocycles. The van der Waals surface area contributed by atoms with E-state index in [-0.39, 0.29) is 11.7 Å². The maximum Gasteiger partial charge on any atom is 0.234 e.